The van der Waals surface area contributed by atoms with Gasteiger partial charge < -0.3 is 5.32 Å². The van der Waals surface area contributed by atoms with E-state index < -0.39 is 5.82 Å². The molecule has 0 fully saturated rings. The molecule has 0 radical (unpaired) electrons. The summed E-state index contributed by atoms with van der Waals surface area (Å²) in [6, 6.07) is 6.19. The number of hydrogen-bond donors (Lipinski definition) is 1. The number of rotatable bonds is 4. The second-order valence-corrected chi connectivity index (χ2v) is 5.65. The van der Waals surface area contributed by atoms with E-state index in [-0.39, 0.29) is 18.1 Å². The molecule has 120 valence electrons. The molecule has 2 aromatic rings. The molecule has 1 amide bonds. The van der Waals surface area contributed by atoms with Crippen molar-refractivity contribution in [3.63, 3.8) is 0 Å². The second-order valence-electron chi connectivity index (χ2n) is 5.65. The van der Waals surface area contributed by atoms with Gasteiger partial charge in [-0.2, -0.15) is 5.10 Å². The van der Waals surface area contributed by atoms with Crippen molar-refractivity contribution < 1.29 is 9.18 Å². The van der Waals surface area contributed by atoms with Gasteiger partial charge in [0.25, 0.3) is 0 Å². The molecule has 0 unspecified atom stereocenters. The number of nitrogens with one attached hydrogen (secondary N) is 1. The summed E-state index contributed by atoms with van der Waals surface area (Å²) in [7, 11) is 1.90. The van der Waals surface area contributed by atoms with Gasteiger partial charge in [-0.15, -0.1) is 0 Å². The largest absolute Gasteiger partial charge is 0.322 e. The van der Waals surface area contributed by atoms with Crippen molar-refractivity contribution in [2.45, 2.75) is 6.42 Å². The number of nitrogens with zero attached hydrogens (tertiary/aromatic N) is 3. The zero-order chi connectivity index (χ0) is 16.2. The number of anilines is 1. The molecule has 0 saturated carbocycles. The minimum Gasteiger partial charge on any atom is -0.322 e. The molecule has 1 aromatic heterocycles. The topological polar surface area (TPSA) is 50.2 Å². The number of carbonyl (C=O) groups is 1. The van der Waals surface area contributed by atoms with Crippen LogP contribution in [0.3, 0.4) is 0 Å². The van der Waals surface area contributed by atoms with E-state index in [1.165, 1.54) is 11.6 Å². The Morgan fingerprint density at radius 3 is 2.87 bits per heavy atom. The monoisotopic (exact) mass is 314 g/mol. The van der Waals surface area contributed by atoms with Crippen molar-refractivity contribution in [3.8, 4) is 0 Å². The lowest BCUT2D eigenvalue weighted by Gasteiger charge is -2.25. The van der Waals surface area contributed by atoms with Gasteiger partial charge in [0.05, 0.1) is 18.4 Å². The van der Waals surface area contributed by atoms with Crippen molar-refractivity contribution in [1.82, 2.24) is 14.7 Å². The second kappa shape index (κ2) is 6.75. The summed E-state index contributed by atoms with van der Waals surface area (Å²) >= 11 is 0. The Hall–Kier alpha value is -2.47. The van der Waals surface area contributed by atoms with Crippen LogP contribution in [0.2, 0.25) is 0 Å². The van der Waals surface area contributed by atoms with Crippen LogP contribution in [0.1, 0.15) is 12.0 Å². The van der Waals surface area contributed by atoms with Crippen LogP contribution in [0, 0.1) is 5.82 Å². The standard InChI is InChI=1S/C17H19FN4O/c1-21-11-14(10-19-21)13-6-8-22(9-7-13)12-17(23)20-16-5-3-2-4-15(16)18/h2-6,10-11H,7-9,12H2,1H3,(H,20,23). The van der Waals surface area contributed by atoms with Crippen LogP contribution in [0.25, 0.3) is 5.57 Å². The highest BCUT2D eigenvalue weighted by atomic mass is 19.1. The Morgan fingerprint density at radius 2 is 2.22 bits per heavy atom. The number of benzene rings is 1. The predicted octanol–water partition coefficient (Wildman–Crippen LogP) is 2.29. The first kappa shape index (κ1) is 15.4. The van der Waals surface area contributed by atoms with E-state index in [1.807, 2.05) is 24.3 Å². The highest BCUT2D eigenvalue weighted by Crippen LogP contribution is 2.21. The molecule has 6 heteroatoms. The molecule has 0 aliphatic carbocycles. The fraction of sp³-hybridized carbons (Fsp3) is 0.294. The van der Waals surface area contributed by atoms with Crippen LogP contribution in [0.4, 0.5) is 10.1 Å². The third kappa shape index (κ3) is 3.84. The molecule has 3 rings (SSSR count). The Balaban J connectivity index is 1.55. The number of aromatic nitrogens is 2. The summed E-state index contributed by atoms with van der Waals surface area (Å²) in [5, 5.41) is 6.79. The van der Waals surface area contributed by atoms with Gasteiger partial charge in [-0.3, -0.25) is 14.4 Å². The molecule has 0 bridgehead atoms. The van der Waals surface area contributed by atoms with Crippen LogP contribution in [0.5, 0.6) is 0 Å². The van der Waals surface area contributed by atoms with Crippen LogP contribution in [0.15, 0.2) is 42.7 Å². The Bertz CT molecular complexity index is 738. The van der Waals surface area contributed by atoms with Gasteiger partial charge in [-0.05, 0) is 24.1 Å². The highest BCUT2D eigenvalue weighted by molar-refractivity contribution is 5.92. The van der Waals surface area contributed by atoms with Crippen LogP contribution in [-0.2, 0) is 11.8 Å². The lowest BCUT2D eigenvalue weighted by Crippen LogP contribution is -2.36. The quantitative estimate of drug-likeness (QED) is 0.942. The van der Waals surface area contributed by atoms with Crippen molar-refractivity contribution in [2.75, 3.05) is 25.0 Å². The summed E-state index contributed by atoms with van der Waals surface area (Å²) < 4.78 is 15.3. The highest BCUT2D eigenvalue weighted by Gasteiger charge is 2.17. The van der Waals surface area contributed by atoms with Crippen molar-refractivity contribution in [1.29, 1.82) is 0 Å². The summed E-state index contributed by atoms with van der Waals surface area (Å²) in [4.78, 5) is 14.1. The number of aryl methyl sites for hydroxylation is 1. The van der Waals surface area contributed by atoms with E-state index in [9.17, 15) is 9.18 Å². The molecule has 1 aromatic carbocycles. The van der Waals surface area contributed by atoms with Crippen LogP contribution in [-0.4, -0.2) is 40.2 Å². The first-order valence-corrected chi connectivity index (χ1v) is 7.56. The van der Waals surface area contributed by atoms with E-state index in [0.717, 1.165) is 18.5 Å². The minimum absolute atomic E-state index is 0.201. The number of para-hydroxylation sites is 1. The van der Waals surface area contributed by atoms with Gasteiger partial charge in [0.15, 0.2) is 0 Å². The Morgan fingerprint density at radius 1 is 1.39 bits per heavy atom. The normalized spacial score (nSPS) is 15.3. The van der Waals surface area contributed by atoms with Crippen molar-refractivity contribution in [2.24, 2.45) is 7.05 Å². The number of halogens is 1. The predicted molar refractivity (Wildman–Crippen MR) is 87.3 cm³/mol. The van der Waals surface area contributed by atoms with E-state index in [4.69, 9.17) is 0 Å². The molecule has 0 spiro atoms. The lowest BCUT2D eigenvalue weighted by atomic mass is 10.0. The zero-order valence-corrected chi connectivity index (χ0v) is 13.0. The zero-order valence-electron chi connectivity index (χ0n) is 13.0. The molecule has 1 N–H and O–H groups in total. The van der Waals surface area contributed by atoms with Gasteiger partial charge in [0.1, 0.15) is 5.82 Å². The number of amides is 1. The van der Waals surface area contributed by atoms with Gasteiger partial charge in [0, 0.05) is 31.9 Å². The maximum Gasteiger partial charge on any atom is 0.238 e. The van der Waals surface area contributed by atoms with Crippen molar-refractivity contribution >= 4 is 17.2 Å². The Kier molecular flexibility index (Phi) is 4.52. The third-order valence-electron chi connectivity index (χ3n) is 3.88. The molecule has 5 nitrogen and oxygen atoms in total. The Labute approximate surface area is 134 Å². The molecule has 1 aliphatic rings. The maximum absolute atomic E-state index is 13.5. The van der Waals surface area contributed by atoms with Crippen LogP contribution < -0.4 is 5.32 Å². The molecular formula is C17H19FN4O. The lowest BCUT2D eigenvalue weighted by molar-refractivity contribution is -0.117. The first-order chi connectivity index (χ1) is 11.1. The van der Waals surface area contributed by atoms with E-state index in [0.29, 0.717) is 6.54 Å². The van der Waals surface area contributed by atoms with E-state index in [1.54, 1.807) is 22.9 Å². The van der Waals surface area contributed by atoms with Gasteiger partial charge >= 0.3 is 0 Å². The molecule has 1 aliphatic heterocycles. The summed E-state index contributed by atoms with van der Waals surface area (Å²) in [6.45, 7) is 1.76. The molecule has 0 saturated heterocycles. The van der Waals surface area contributed by atoms with Gasteiger partial charge in [-0.25, -0.2) is 4.39 Å². The summed E-state index contributed by atoms with van der Waals surface area (Å²) in [5.41, 5.74) is 2.60. The van der Waals surface area contributed by atoms with Gasteiger partial charge in [-0.1, -0.05) is 18.2 Å². The molecule has 0 atom stereocenters. The van der Waals surface area contributed by atoms with Crippen molar-refractivity contribution in [3.05, 3.63) is 54.1 Å². The fourth-order valence-corrected chi connectivity index (χ4v) is 2.66. The fourth-order valence-electron chi connectivity index (χ4n) is 2.66. The average Bonchev–Trinajstić information content (AvgIpc) is 2.97. The number of carbonyl (C=O) groups excluding carboxylic acids is 1. The minimum atomic E-state index is -0.418. The SMILES string of the molecule is Cn1cc(C2=CCN(CC(=O)Nc3ccccc3F)CC2)cn1. The average molecular weight is 314 g/mol. The smallest absolute Gasteiger partial charge is 0.238 e. The van der Waals surface area contributed by atoms with E-state index in [2.05, 4.69) is 16.5 Å². The molecular weight excluding hydrogens is 295 g/mol. The summed E-state index contributed by atoms with van der Waals surface area (Å²) in [5.74, 6) is -0.619. The summed E-state index contributed by atoms with van der Waals surface area (Å²) in [6.07, 6.45) is 6.84. The van der Waals surface area contributed by atoms with E-state index >= 15 is 0 Å². The molecule has 23 heavy (non-hydrogen) atoms. The number of hydrogen-bond acceptors (Lipinski definition) is 3. The third-order valence-corrected chi connectivity index (χ3v) is 3.88. The molecule has 2 heterocycles. The van der Waals surface area contributed by atoms with Crippen LogP contribution >= 0.6 is 0 Å². The first-order valence-electron chi connectivity index (χ1n) is 7.56. The van der Waals surface area contributed by atoms with Gasteiger partial charge in [0.2, 0.25) is 5.91 Å². The maximum atomic E-state index is 13.5.